The van der Waals surface area contributed by atoms with Crippen molar-refractivity contribution in [2.24, 2.45) is 28.6 Å². The van der Waals surface area contributed by atoms with Crippen LogP contribution in [0.3, 0.4) is 0 Å². The zero-order valence-electron chi connectivity index (χ0n) is 18.2. The van der Waals surface area contributed by atoms with Crippen LogP contribution in [0.4, 0.5) is 0 Å². The molecule has 0 bridgehead atoms. The summed E-state index contributed by atoms with van der Waals surface area (Å²) in [6.45, 7) is 7.91. The first kappa shape index (κ1) is 20.4. The van der Waals surface area contributed by atoms with E-state index in [9.17, 15) is 14.4 Å². The molecule has 0 heterocycles. The molecular formula is C24H32O5. The second-order valence-corrected chi connectivity index (χ2v) is 9.99. The smallest absolute Gasteiger partial charge is 0.350 e. The summed E-state index contributed by atoms with van der Waals surface area (Å²) in [6.07, 6.45) is 8.80. The van der Waals surface area contributed by atoms with Gasteiger partial charge in [0, 0.05) is 18.8 Å². The number of esters is 2. The number of ether oxygens (including phenoxy) is 2. The molecule has 2 saturated carbocycles. The first-order valence-electron chi connectivity index (χ1n) is 10.8. The molecule has 0 spiro atoms. The Morgan fingerprint density at radius 3 is 2.45 bits per heavy atom. The van der Waals surface area contributed by atoms with Gasteiger partial charge >= 0.3 is 11.9 Å². The molecule has 0 amide bonds. The minimum atomic E-state index is -1.20. The summed E-state index contributed by atoms with van der Waals surface area (Å²) in [5, 5.41) is 0. The van der Waals surface area contributed by atoms with Gasteiger partial charge in [-0.05, 0) is 73.8 Å². The molecular weight excluding hydrogens is 368 g/mol. The maximum absolute atomic E-state index is 12.9. The van der Waals surface area contributed by atoms with Crippen LogP contribution >= 0.6 is 0 Å². The van der Waals surface area contributed by atoms with Gasteiger partial charge in [0.25, 0.3) is 0 Å². The van der Waals surface area contributed by atoms with Crippen LogP contribution in [0.25, 0.3) is 0 Å². The van der Waals surface area contributed by atoms with Gasteiger partial charge in [-0.2, -0.15) is 0 Å². The minimum absolute atomic E-state index is 0.00329. The second-order valence-electron chi connectivity index (χ2n) is 9.99. The van der Waals surface area contributed by atoms with Crippen molar-refractivity contribution in [3.63, 3.8) is 0 Å². The van der Waals surface area contributed by atoms with Crippen molar-refractivity contribution in [2.45, 2.75) is 71.8 Å². The van der Waals surface area contributed by atoms with Gasteiger partial charge in [0.05, 0.1) is 7.11 Å². The summed E-state index contributed by atoms with van der Waals surface area (Å²) in [4.78, 5) is 37.0. The molecule has 0 radical (unpaired) electrons. The maximum atomic E-state index is 12.9. The summed E-state index contributed by atoms with van der Waals surface area (Å²) in [7, 11) is 1.37. The normalized spacial score (nSPS) is 43.3. The van der Waals surface area contributed by atoms with E-state index in [0.29, 0.717) is 24.7 Å². The Kier molecular flexibility index (Phi) is 4.60. The predicted molar refractivity (Wildman–Crippen MR) is 108 cm³/mol. The third-order valence-electron chi connectivity index (χ3n) is 8.78. The van der Waals surface area contributed by atoms with E-state index in [2.05, 4.69) is 26.8 Å². The highest BCUT2D eigenvalue weighted by atomic mass is 16.6. The summed E-state index contributed by atoms with van der Waals surface area (Å²) in [5.74, 6) is 0.358. The lowest BCUT2D eigenvalue weighted by Gasteiger charge is -2.57. The van der Waals surface area contributed by atoms with Crippen LogP contribution in [0.15, 0.2) is 23.3 Å². The molecule has 5 nitrogen and oxygen atoms in total. The predicted octanol–water partition coefficient (Wildman–Crippen LogP) is 4.16. The van der Waals surface area contributed by atoms with Gasteiger partial charge in [-0.25, -0.2) is 4.79 Å². The number of ketones is 1. The molecule has 29 heavy (non-hydrogen) atoms. The van der Waals surface area contributed by atoms with Crippen LogP contribution in [-0.2, 0) is 23.9 Å². The summed E-state index contributed by atoms with van der Waals surface area (Å²) in [5.41, 5.74) is 0.734. The average molecular weight is 401 g/mol. The first-order chi connectivity index (χ1) is 13.6. The van der Waals surface area contributed by atoms with E-state index in [0.717, 1.165) is 25.7 Å². The van der Waals surface area contributed by atoms with Crippen LogP contribution in [0.5, 0.6) is 0 Å². The molecule has 4 aliphatic rings. The number of rotatable bonds is 2. The lowest BCUT2D eigenvalue weighted by Crippen LogP contribution is -2.59. The lowest BCUT2D eigenvalue weighted by molar-refractivity contribution is -0.200. The molecule has 0 aromatic carbocycles. The third kappa shape index (κ3) is 2.62. The van der Waals surface area contributed by atoms with Crippen LogP contribution in [0.2, 0.25) is 0 Å². The van der Waals surface area contributed by atoms with E-state index in [1.54, 1.807) is 0 Å². The van der Waals surface area contributed by atoms with Crippen molar-refractivity contribution < 1.29 is 23.9 Å². The van der Waals surface area contributed by atoms with Crippen molar-refractivity contribution in [2.75, 3.05) is 7.11 Å². The zero-order chi connectivity index (χ0) is 21.2. The van der Waals surface area contributed by atoms with Crippen molar-refractivity contribution in [1.82, 2.24) is 0 Å². The van der Waals surface area contributed by atoms with E-state index in [4.69, 9.17) is 9.47 Å². The van der Waals surface area contributed by atoms with E-state index >= 15 is 0 Å². The highest BCUT2D eigenvalue weighted by molar-refractivity contribution is 5.92. The number of fused-ring (bicyclic) bond motifs is 5. The molecule has 0 saturated heterocycles. The fourth-order valence-corrected chi connectivity index (χ4v) is 7.37. The highest BCUT2D eigenvalue weighted by Gasteiger charge is 2.69. The maximum Gasteiger partial charge on any atom is 0.350 e. The fraction of sp³-hybridized carbons (Fsp3) is 0.708. The number of carbonyl (C=O) groups excluding carboxylic acids is 3. The van der Waals surface area contributed by atoms with Crippen molar-refractivity contribution in [3.8, 4) is 0 Å². The SMILES string of the molecule is COC(=O)C1(OC(C)=O)CC[C@H]2[C@@H]3C=C(C)C4=CC(=O)CC[C@]4(C)[C@H]3CC[C@@]21C. The van der Waals surface area contributed by atoms with Gasteiger partial charge in [0.15, 0.2) is 5.78 Å². The Balaban J connectivity index is 1.79. The topological polar surface area (TPSA) is 69.7 Å². The Morgan fingerprint density at radius 2 is 1.79 bits per heavy atom. The minimum Gasteiger partial charge on any atom is -0.466 e. The Hall–Kier alpha value is -1.91. The van der Waals surface area contributed by atoms with Crippen LogP contribution < -0.4 is 0 Å². The fourth-order valence-electron chi connectivity index (χ4n) is 7.37. The van der Waals surface area contributed by atoms with Crippen molar-refractivity contribution in [3.05, 3.63) is 23.3 Å². The number of carbonyl (C=O) groups is 3. The van der Waals surface area contributed by atoms with E-state index in [1.165, 1.54) is 25.2 Å². The zero-order valence-corrected chi connectivity index (χ0v) is 18.2. The summed E-state index contributed by atoms with van der Waals surface area (Å²) in [6, 6.07) is 0. The molecule has 0 aromatic heterocycles. The number of methoxy groups -OCH3 is 1. The van der Waals surface area contributed by atoms with E-state index in [1.807, 2.05) is 6.08 Å². The van der Waals surface area contributed by atoms with Gasteiger partial charge in [0.2, 0.25) is 5.60 Å². The van der Waals surface area contributed by atoms with Crippen molar-refractivity contribution in [1.29, 1.82) is 0 Å². The monoisotopic (exact) mass is 400 g/mol. The first-order valence-corrected chi connectivity index (χ1v) is 10.8. The Labute approximate surface area is 172 Å². The molecule has 0 N–H and O–H groups in total. The third-order valence-corrected chi connectivity index (χ3v) is 8.78. The quantitative estimate of drug-likeness (QED) is 0.651. The van der Waals surface area contributed by atoms with E-state index in [-0.39, 0.29) is 17.1 Å². The average Bonchev–Trinajstić information content (AvgIpc) is 2.95. The molecule has 1 unspecified atom stereocenters. The largest absolute Gasteiger partial charge is 0.466 e. The standard InChI is InChI=1S/C24H32O5/c1-14-12-17-18(22(3)9-6-16(26)13-20(14)22)7-10-23(4)19(17)8-11-24(23,21(27)28-5)29-15(2)25/h12-13,17-19H,6-11H2,1-5H3/t17-,18+,19+,22-,23+,24?/m1/s1. The lowest BCUT2D eigenvalue weighted by atomic mass is 9.47. The summed E-state index contributed by atoms with van der Waals surface area (Å²) >= 11 is 0. The number of allylic oxidation sites excluding steroid dienone is 4. The van der Waals surface area contributed by atoms with Gasteiger partial charge in [-0.15, -0.1) is 0 Å². The van der Waals surface area contributed by atoms with Gasteiger partial charge in [0.1, 0.15) is 0 Å². The number of hydrogen-bond acceptors (Lipinski definition) is 5. The molecule has 0 aliphatic heterocycles. The van der Waals surface area contributed by atoms with Crippen LogP contribution in [0, 0.1) is 28.6 Å². The molecule has 4 rings (SSSR count). The Bertz CT molecular complexity index is 838. The molecule has 4 aliphatic carbocycles. The molecule has 6 atom stereocenters. The van der Waals surface area contributed by atoms with E-state index < -0.39 is 23.0 Å². The van der Waals surface area contributed by atoms with Crippen molar-refractivity contribution >= 4 is 17.7 Å². The molecule has 2 fully saturated rings. The van der Waals surface area contributed by atoms with Gasteiger partial charge in [-0.3, -0.25) is 9.59 Å². The summed E-state index contributed by atoms with van der Waals surface area (Å²) < 4.78 is 10.9. The highest BCUT2D eigenvalue weighted by Crippen LogP contribution is 2.67. The van der Waals surface area contributed by atoms with Gasteiger partial charge < -0.3 is 9.47 Å². The van der Waals surface area contributed by atoms with Crippen LogP contribution in [0.1, 0.15) is 66.2 Å². The van der Waals surface area contributed by atoms with Gasteiger partial charge in [-0.1, -0.05) is 25.5 Å². The number of hydrogen-bond donors (Lipinski definition) is 0. The molecule has 0 aromatic rings. The molecule has 158 valence electrons. The second kappa shape index (κ2) is 6.55. The Morgan fingerprint density at radius 1 is 1.10 bits per heavy atom. The van der Waals surface area contributed by atoms with Crippen LogP contribution in [-0.4, -0.2) is 30.4 Å². The molecule has 5 heteroatoms.